The monoisotopic (exact) mass is 405 g/mol. The molecule has 1 heterocycles. The summed E-state index contributed by atoms with van der Waals surface area (Å²) in [6.45, 7) is 2.79. The van der Waals surface area contributed by atoms with Gasteiger partial charge < -0.3 is 20.7 Å². The number of carbonyl (C=O) groups excluding carboxylic acids is 4. The number of amides is 5. The quantitative estimate of drug-likeness (QED) is 0.521. The molecule has 1 aliphatic heterocycles. The number of ether oxygens (including phenoxy) is 1. The minimum atomic E-state index is -0.914. The lowest BCUT2D eigenvalue weighted by molar-refractivity contribution is -0.144. The van der Waals surface area contributed by atoms with Crippen LogP contribution in [-0.2, 0) is 25.5 Å². The van der Waals surface area contributed by atoms with Crippen molar-refractivity contribution in [3.8, 4) is 0 Å². The highest BCUT2D eigenvalue weighted by molar-refractivity contribution is 5.90. The molecule has 1 aromatic carbocycles. The second kappa shape index (κ2) is 11.0. The van der Waals surface area contributed by atoms with Gasteiger partial charge in [0.15, 0.2) is 0 Å². The van der Waals surface area contributed by atoms with Gasteiger partial charge in [0.2, 0.25) is 11.8 Å². The molecular weight excluding hydrogens is 378 g/mol. The zero-order chi connectivity index (χ0) is 21.2. The predicted molar refractivity (Wildman–Crippen MR) is 104 cm³/mol. The summed E-state index contributed by atoms with van der Waals surface area (Å²) in [6, 6.07) is 8.05. The first kappa shape index (κ1) is 22.2. The number of hydrogen-bond donors (Lipinski definition) is 3. The average molecular weight is 405 g/mol. The fourth-order valence-electron chi connectivity index (χ4n) is 2.72. The number of aryl methyl sites for hydroxylation is 1. The fraction of sp³-hybridized carbons (Fsp3) is 0.474. The highest BCUT2D eigenvalue weighted by Gasteiger charge is 2.25. The molecule has 0 aliphatic carbocycles. The minimum Gasteiger partial charge on any atom is -0.378 e. The van der Waals surface area contributed by atoms with Crippen LogP contribution in [0.1, 0.15) is 18.9 Å². The molecule has 1 fully saturated rings. The predicted octanol–water partition coefficient (Wildman–Crippen LogP) is -0.605. The molecule has 0 aromatic heterocycles. The molecule has 29 heavy (non-hydrogen) atoms. The molecule has 0 saturated carbocycles. The molecular formula is C19H27N5O5. The molecule has 0 bridgehead atoms. The van der Waals surface area contributed by atoms with Crippen LogP contribution in [0.5, 0.6) is 0 Å². The van der Waals surface area contributed by atoms with Crippen LogP contribution in [0.25, 0.3) is 0 Å². The van der Waals surface area contributed by atoms with E-state index in [2.05, 4.69) is 10.7 Å². The van der Waals surface area contributed by atoms with Crippen LogP contribution < -0.4 is 16.5 Å². The first-order chi connectivity index (χ1) is 13.9. The second-order valence-corrected chi connectivity index (χ2v) is 6.68. The Hall–Kier alpha value is -3.14. The van der Waals surface area contributed by atoms with Crippen LogP contribution >= 0.6 is 0 Å². The van der Waals surface area contributed by atoms with Gasteiger partial charge >= 0.3 is 6.03 Å². The van der Waals surface area contributed by atoms with E-state index in [1.54, 1.807) is 4.90 Å². The summed E-state index contributed by atoms with van der Waals surface area (Å²) in [5, 5.41) is 3.46. The zero-order valence-corrected chi connectivity index (χ0v) is 16.4. The Kier molecular flexibility index (Phi) is 8.41. The van der Waals surface area contributed by atoms with Gasteiger partial charge in [-0.05, 0) is 18.9 Å². The van der Waals surface area contributed by atoms with E-state index in [1.807, 2.05) is 30.3 Å². The molecule has 2 rings (SSSR count). The van der Waals surface area contributed by atoms with E-state index in [-0.39, 0.29) is 6.42 Å². The lowest BCUT2D eigenvalue weighted by Crippen LogP contribution is -2.57. The lowest BCUT2D eigenvalue weighted by Gasteiger charge is -2.29. The molecule has 5 amide bonds. The second-order valence-electron chi connectivity index (χ2n) is 6.68. The van der Waals surface area contributed by atoms with Crippen molar-refractivity contribution in [2.75, 3.05) is 32.8 Å². The number of hydrogen-bond acceptors (Lipinski definition) is 5. The summed E-state index contributed by atoms with van der Waals surface area (Å²) in [5.74, 6) is -1.84. The van der Waals surface area contributed by atoms with Crippen molar-refractivity contribution >= 4 is 23.8 Å². The van der Waals surface area contributed by atoms with E-state index in [9.17, 15) is 19.2 Å². The molecule has 4 N–H and O–H groups in total. The molecule has 0 radical (unpaired) electrons. The van der Waals surface area contributed by atoms with Gasteiger partial charge in [-0.25, -0.2) is 9.80 Å². The first-order valence-corrected chi connectivity index (χ1v) is 9.43. The number of rotatable bonds is 7. The highest BCUT2D eigenvalue weighted by Crippen LogP contribution is 2.04. The van der Waals surface area contributed by atoms with Gasteiger partial charge in [-0.2, -0.15) is 0 Å². The van der Waals surface area contributed by atoms with Gasteiger partial charge in [-0.1, -0.05) is 30.3 Å². The maximum absolute atomic E-state index is 12.5. The smallest absolute Gasteiger partial charge is 0.318 e. The van der Waals surface area contributed by atoms with Crippen LogP contribution in [0.2, 0.25) is 0 Å². The Labute approximate surface area is 169 Å². The molecule has 1 aromatic rings. The molecule has 10 nitrogen and oxygen atoms in total. The van der Waals surface area contributed by atoms with Crippen molar-refractivity contribution in [1.82, 2.24) is 20.7 Å². The molecule has 158 valence electrons. The number of urea groups is 1. The number of nitrogens with zero attached hydrogens (tertiary/aromatic N) is 2. The number of carbonyl (C=O) groups is 4. The van der Waals surface area contributed by atoms with Crippen molar-refractivity contribution in [3.05, 3.63) is 35.9 Å². The van der Waals surface area contributed by atoms with Crippen LogP contribution in [0.4, 0.5) is 4.79 Å². The average Bonchev–Trinajstić information content (AvgIpc) is 2.72. The van der Waals surface area contributed by atoms with Gasteiger partial charge in [-0.15, -0.1) is 0 Å². The largest absolute Gasteiger partial charge is 0.378 e. The summed E-state index contributed by atoms with van der Waals surface area (Å²) in [7, 11) is 0. The van der Waals surface area contributed by atoms with Crippen molar-refractivity contribution in [3.63, 3.8) is 0 Å². The Morgan fingerprint density at radius 1 is 1.17 bits per heavy atom. The van der Waals surface area contributed by atoms with Gasteiger partial charge in [0, 0.05) is 19.5 Å². The zero-order valence-electron chi connectivity index (χ0n) is 16.4. The Balaban J connectivity index is 1.89. The normalized spacial score (nSPS) is 14.6. The maximum atomic E-state index is 12.5. The fourth-order valence-corrected chi connectivity index (χ4v) is 2.72. The van der Waals surface area contributed by atoms with Gasteiger partial charge in [0.25, 0.3) is 5.91 Å². The number of hydrazine groups is 1. The van der Waals surface area contributed by atoms with E-state index < -0.39 is 36.3 Å². The van der Waals surface area contributed by atoms with Crippen LogP contribution in [0.15, 0.2) is 30.3 Å². The third-order valence-corrected chi connectivity index (χ3v) is 4.36. The topological polar surface area (TPSA) is 134 Å². The summed E-state index contributed by atoms with van der Waals surface area (Å²) < 4.78 is 5.18. The van der Waals surface area contributed by atoms with Crippen molar-refractivity contribution < 1.29 is 23.9 Å². The SMILES string of the molecule is C[C@H](NC(=O)N1CCOCC1)C(=O)NN(CC(N)=O)C(=O)CCc1ccccc1. The van der Waals surface area contributed by atoms with Gasteiger partial charge in [-0.3, -0.25) is 19.8 Å². The van der Waals surface area contributed by atoms with Gasteiger partial charge in [0.1, 0.15) is 12.6 Å². The number of morpholine rings is 1. The minimum absolute atomic E-state index is 0.0894. The maximum Gasteiger partial charge on any atom is 0.318 e. The number of primary amides is 1. The van der Waals surface area contributed by atoms with Crippen LogP contribution in [0.3, 0.4) is 0 Å². The van der Waals surface area contributed by atoms with Crippen molar-refractivity contribution in [2.24, 2.45) is 5.73 Å². The Morgan fingerprint density at radius 3 is 2.45 bits per heavy atom. The molecule has 10 heteroatoms. The lowest BCUT2D eigenvalue weighted by atomic mass is 10.1. The Morgan fingerprint density at radius 2 is 1.83 bits per heavy atom. The molecule has 1 atom stereocenters. The van der Waals surface area contributed by atoms with E-state index in [0.29, 0.717) is 32.7 Å². The number of nitrogens with two attached hydrogens (primary N) is 1. The van der Waals surface area contributed by atoms with E-state index in [0.717, 1.165) is 10.6 Å². The van der Waals surface area contributed by atoms with Crippen molar-refractivity contribution in [1.29, 1.82) is 0 Å². The summed E-state index contributed by atoms with van der Waals surface area (Å²) >= 11 is 0. The van der Waals surface area contributed by atoms with E-state index in [4.69, 9.17) is 10.5 Å². The molecule has 0 unspecified atom stereocenters. The van der Waals surface area contributed by atoms with E-state index in [1.165, 1.54) is 6.92 Å². The third-order valence-electron chi connectivity index (χ3n) is 4.36. The summed E-state index contributed by atoms with van der Waals surface area (Å²) in [4.78, 5) is 49.9. The van der Waals surface area contributed by atoms with Gasteiger partial charge in [0.05, 0.1) is 13.2 Å². The summed E-state index contributed by atoms with van der Waals surface area (Å²) in [6.07, 6.45) is 0.542. The Bertz CT molecular complexity index is 721. The van der Waals surface area contributed by atoms with Crippen LogP contribution in [0, 0.1) is 0 Å². The highest BCUT2D eigenvalue weighted by atomic mass is 16.5. The van der Waals surface area contributed by atoms with E-state index >= 15 is 0 Å². The standard InChI is InChI=1S/C19H27N5O5/c1-14(21-19(28)23-9-11-29-12-10-23)18(27)22-24(13-16(20)25)17(26)8-7-15-5-3-2-4-6-15/h2-6,14H,7-13H2,1H3,(H2,20,25)(H,21,28)(H,22,27)/t14-/m0/s1. The number of nitrogens with one attached hydrogen (secondary N) is 2. The molecule has 0 spiro atoms. The first-order valence-electron chi connectivity index (χ1n) is 9.43. The summed E-state index contributed by atoms with van der Waals surface area (Å²) in [5.41, 5.74) is 8.53. The molecule has 1 aliphatic rings. The van der Waals surface area contributed by atoms with Crippen molar-refractivity contribution in [2.45, 2.75) is 25.8 Å². The van der Waals surface area contributed by atoms with Crippen LogP contribution in [-0.4, -0.2) is 72.6 Å². The third kappa shape index (κ3) is 7.41. The number of benzene rings is 1. The molecule has 1 saturated heterocycles.